The molecule has 0 amide bonds. The van der Waals surface area contributed by atoms with Crippen LogP contribution in [0.25, 0.3) is 32.7 Å². The molecule has 0 bridgehead atoms. The summed E-state index contributed by atoms with van der Waals surface area (Å²) in [6.45, 7) is 0. The van der Waals surface area contributed by atoms with E-state index in [1.807, 2.05) is 0 Å². The summed E-state index contributed by atoms with van der Waals surface area (Å²) in [6.07, 6.45) is 1.98. The molecule has 4 heteroatoms. The molecular formula is C49H40O2P2. The lowest BCUT2D eigenvalue weighted by atomic mass is 9.92. The topological polar surface area (TPSA) is 26.3 Å². The van der Waals surface area contributed by atoms with Crippen LogP contribution in [-0.2, 0) is 16.0 Å². The molecule has 2 nitrogen and oxygen atoms in total. The molecule has 0 N–H and O–H groups in total. The first-order valence-corrected chi connectivity index (χ1v) is 20.8. The van der Waals surface area contributed by atoms with Gasteiger partial charge in [-0.15, -0.1) is 0 Å². The molecule has 0 saturated carbocycles. The molecule has 0 aliphatic carbocycles. The van der Waals surface area contributed by atoms with Gasteiger partial charge in [-0.2, -0.15) is 0 Å². The van der Waals surface area contributed by atoms with Gasteiger partial charge in [0.2, 0.25) is 0 Å². The quantitative estimate of drug-likeness (QED) is 0.0982. The first kappa shape index (κ1) is 34.7. The van der Waals surface area contributed by atoms with Gasteiger partial charge < -0.3 is 4.74 Å². The average Bonchev–Trinajstić information content (AvgIpc) is 3.22. The molecule has 0 spiro atoms. The third-order valence-corrected chi connectivity index (χ3v) is 14.8. The lowest BCUT2D eigenvalue weighted by Crippen LogP contribution is -2.26. The second kappa shape index (κ2) is 16.1. The van der Waals surface area contributed by atoms with Crippen LogP contribution in [0.2, 0.25) is 0 Å². The van der Waals surface area contributed by atoms with Crippen LogP contribution in [0.5, 0.6) is 0 Å². The highest BCUT2D eigenvalue weighted by Gasteiger charge is 2.28. The van der Waals surface area contributed by atoms with Crippen molar-refractivity contribution < 1.29 is 9.53 Å². The Kier molecular flexibility index (Phi) is 10.5. The van der Waals surface area contributed by atoms with Crippen LogP contribution in [0, 0.1) is 0 Å². The molecule has 0 aliphatic heterocycles. The maximum atomic E-state index is 11.9. The second-order valence-corrected chi connectivity index (χ2v) is 17.5. The largest absolute Gasteiger partial charge is 0.469 e. The number of carbonyl (C=O) groups is 1. The van der Waals surface area contributed by atoms with Gasteiger partial charge in [0.1, 0.15) is 0 Å². The van der Waals surface area contributed by atoms with E-state index in [0.717, 1.165) is 12.8 Å². The fraction of sp³-hybridized carbons (Fsp3) is 0.0816. The van der Waals surface area contributed by atoms with Gasteiger partial charge in [-0.05, 0) is 98.7 Å². The van der Waals surface area contributed by atoms with Crippen molar-refractivity contribution >= 4 is 75.2 Å². The van der Waals surface area contributed by atoms with Crippen molar-refractivity contribution in [2.45, 2.75) is 19.3 Å². The number of methoxy groups -OCH3 is 1. The Labute approximate surface area is 314 Å². The number of rotatable bonds is 11. The number of carbonyl (C=O) groups excluding carboxylic acids is 1. The number of benzene rings is 8. The van der Waals surface area contributed by atoms with Crippen molar-refractivity contribution in [1.82, 2.24) is 0 Å². The molecule has 258 valence electrons. The normalized spacial score (nSPS) is 11.4. The molecule has 0 heterocycles. The van der Waals surface area contributed by atoms with Crippen LogP contribution in [0.3, 0.4) is 0 Å². The van der Waals surface area contributed by atoms with Crippen LogP contribution in [0.4, 0.5) is 0 Å². The molecule has 0 radical (unpaired) electrons. The molecule has 0 aromatic heterocycles. The third-order valence-electron chi connectivity index (χ3n) is 9.83. The molecule has 0 saturated heterocycles. The minimum Gasteiger partial charge on any atom is -0.469 e. The summed E-state index contributed by atoms with van der Waals surface area (Å²) in [6, 6.07) is 69.4. The maximum absolute atomic E-state index is 11.9. The second-order valence-electron chi connectivity index (χ2n) is 13.1. The lowest BCUT2D eigenvalue weighted by Gasteiger charge is -2.28. The number of fused-ring (bicyclic) bond motifs is 2. The van der Waals surface area contributed by atoms with E-state index in [1.165, 1.54) is 77.2 Å². The summed E-state index contributed by atoms with van der Waals surface area (Å²) < 4.78 is 4.93. The highest BCUT2D eigenvalue weighted by atomic mass is 31.1. The van der Waals surface area contributed by atoms with Crippen molar-refractivity contribution in [3.8, 4) is 11.1 Å². The van der Waals surface area contributed by atoms with Gasteiger partial charge in [0.25, 0.3) is 0 Å². The van der Waals surface area contributed by atoms with Gasteiger partial charge in [-0.1, -0.05) is 188 Å². The van der Waals surface area contributed by atoms with Crippen LogP contribution in [0.15, 0.2) is 188 Å². The zero-order valence-corrected chi connectivity index (χ0v) is 31.5. The zero-order valence-electron chi connectivity index (χ0n) is 29.7. The van der Waals surface area contributed by atoms with Crippen LogP contribution in [0.1, 0.15) is 18.4 Å². The predicted molar refractivity (Wildman–Crippen MR) is 229 cm³/mol. The standard InChI is InChI=1S/C49H40O2P2/c1-51-47(50)28-16-17-36-29-32-44-38(35-36)31-34-46(53(41-23-10-4-11-24-41)42-25-12-5-13-26-42)49(44)48-43-27-15-14-18-37(43)30-33-45(48)52(39-19-6-2-7-20-39)40-21-8-3-9-22-40/h2-15,18-27,29-35H,16-17,28H2,1H3. The molecule has 0 aliphatic rings. The van der Waals surface area contributed by atoms with Gasteiger partial charge in [-0.25, -0.2) is 0 Å². The summed E-state index contributed by atoms with van der Waals surface area (Å²) in [7, 11) is -0.389. The number of aryl methyl sites for hydroxylation is 1. The average molecular weight is 723 g/mol. The van der Waals surface area contributed by atoms with E-state index in [-0.39, 0.29) is 5.97 Å². The Morgan fingerprint density at radius 1 is 0.472 bits per heavy atom. The van der Waals surface area contributed by atoms with E-state index >= 15 is 0 Å². The Balaban J connectivity index is 1.46. The van der Waals surface area contributed by atoms with E-state index in [2.05, 4.69) is 188 Å². The Morgan fingerprint density at radius 2 is 0.906 bits per heavy atom. The van der Waals surface area contributed by atoms with Crippen LogP contribution >= 0.6 is 15.8 Å². The molecule has 0 unspecified atom stereocenters. The molecule has 8 aromatic rings. The molecule has 8 rings (SSSR count). The molecule has 0 atom stereocenters. The van der Waals surface area contributed by atoms with Gasteiger partial charge in [-0.3, -0.25) is 4.79 Å². The van der Waals surface area contributed by atoms with E-state index in [4.69, 9.17) is 4.74 Å². The van der Waals surface area contributed by atoms with Crippen molar-refractivity contribution in [1.29, 1.82) is 0 Å². The fourth-order valence-corrected chi connectivity index (χ4v) is 12.3. The minimum atomic E-state index is -0.930. The molecule has 53 heavy (non-hydrogen) atoms. The lowest BCUT2D eigenvalue weighted by molar-refractivity contribution is -0.140. The molecule has 8 aromatic carbocycles. The summed E-state index contributed by atoms with van der Waals surface area (Å²) >= 11 is 0. The number of hydrogen-bond donors (Lipinski definition) is 0. The first-order chi connectivity index (χ1) is 26.2. The zero-order chi connectivity index (χ0) is 36.0. The highest BCUT2D eigenvalue weighted by Crippen LogP contribution is 2.45. The van der Waals surface area contributed by atoms with Crippen molar-refractivity contribution in [2.75, 3.05) is 7.11 Å². The van der Waals surface area contributed by atoms with E-state index in [9.17, 15) is 4.79 Å². The summed E-state index contributed by atoms with van der Waals surface area (Å²) in [4.78, 5) is 11.9. The smallest absolute Gasteiger partial charge is 0.305 e. The van der Waals surface area contributed by atoms with Gasteiger partial charge in [0, 0.05) is 6.42 Å². The van der Waals surface area contributed by atoms with Gasteiger partial charge >= 0.3 is 5.97 Å². The third kappa shape index (κ3) is 7.31. The monoisotopic (exact) mass is 722 g/mol. The van der Waals surface area contributed by atoms with Crippen molar-refractivity contribution in [3.63, 3.8) is 0 Å². The Bertz CT molecular complexity index is 2400. The molecular weight excluding hydrogens is 682 g/mol. The maximum Gasteiger partial charge on any atom is 0.305 e. The Morgan fingerprint density at radius 3 is 1.40 bits per heavy atom. The first-order valence-electron chi connectivity index (χ1n) is 18.1. The van der Waals surface area contributed by atoms with Gasteiger partial charge in [0.05, 0.1) is 7.11 Å². The molecule has 0 fully saturated rings. The van der Waals surface area contributed by atoms with Crippen molar-refractivity contribution in [2.24, 2.45) is 0 Å². The predicted octanol–water partition coefficient (Wildman–Crippen LogP) is 9.67. The number of ether oxygens (including phenoxy) is 1. The summed E-state index contributed by atoms with van der Waals surface area (Å²) in [5, 5.41) is 12.9. The number of hydrogen-bond acceptors (Lipinski definition) is 2. The highest BCUT2D eigenvalue weighted by molar-refractivity contribution is 7.80. The minimum absolute atomic E-state index is 0.162. The van der Waals surface area contributed by atoms with Gasteiger partial charge in [0.15, 0.2) is 0 Å². The summed E-state index contributed by atoms with van der Waals surface area (Å²) in [5.74, 6) is -0.162. The van der Waals surface area contributed by atoms with E-state index < -0.39 is 15.8 Å². The van der Waals surface area contributed by atoms with Crippen LogP contribution in [-0.4, -0.2) is 13.1 Å². The Hall–Kier alpha value is -5.39. The van der Waals surface area contributed by atoms with E-state index in [0.29, 0.717) is 6.42 Å². The SMILES string of the molecule is COC(=O)CCCc1ccc2c(-c3c(P(c4ccccc4)c4ccccc4)ccc4ccccc34)c(P(c3ccccc3)c3ccccc3)ccc2c1. The fourth-order valence-electron chi connectivity index (χ4n) is 7.38. The van der Waals surface area contributed by atoms with Crippen LogP contribution < -0.4 is 31.8 Å². The van der Waals surface area contributed by atoms with Crippen molar-refractivity contribution in [3.05, 3.63) is 194 Å². The van der Waals surface area contributed by atoms with E-state index in [1.54, 1.807) is 0 Å². The number of esters is 1. The summed E-state index contributed by atoms with van der Waals surface area (Å²) in [5.41, 5.74) is 3.83.